The molecule has 0 aromatic heterocycles. The number of rotatable bonds is 3. The van der Waals surface area contributed by atoms with Gasteiger partial charge in [0, 0.05) is 25.9 Å². The molecule has 1 aromatic carbocycles. The molecule has 1 atom stereocenters. The number of benzene rings is 1. The van der Waals surface area contributed by atoms with Crippen LogP contribution < -0.4 is 10.2 Å². The third-order valence-corrected chi connectivity index (χ3v) is 3.17. The largest absolute Gasteiger partial charge is 0.478 e. The van der Waals surface area contributed by atoms with Crippen molar-refractivity contribution >= 4 is 23.3 Å². The number of aromatic carboxylic acids is 1. The van der Waals surface area contributed by atoms with E-state index < -0.39 is 5.97 Å². The molecule has 1 saturated heterocycles. The maximum Gasteiger partial charge on any atom is 0.335 e. The molecule has 1 amide bonds. The molecule has 0 saturated carbocycles. The summed E-state index contributed by atoms with van der Waals surface area (Å²) in [7, 11) is 1.72. The molecular formula is C14H14N2O3. The lowest BCUT2D eigenvalue weighted by atomic mass is 10.1. The SMILES string of the molecule is C#CC1CC(=O)N(c2cc(C(=O)O)ccc2NC)C1. The Bertz CT molecular complexity index is 575. The second-order valence-corrected chi connectivity index (χ2v) is 4.36. The zero-order valence-electron chi connectivity index (χ0n) is 10.5. The van der Waals surface area contributed by atoms with Crippen molar-refractivity contribution in [1.29, 1.82) is 0 Å². The fourth-order valence-corrected chi connectivity index (χ4v) is 2.15. The minimum absolute atomic E-state index is 0.0815. The molecule has 5 nitrogen and oxygen atoms in total. The normalized spacial score (nSPS) is 18.2. The van der Waals surface area contributed by atoms with Crippen LogP contribution in [0.15, 0.2) is 18.2 Å². The van der Waals surface area contributed by atoms with Crippen LogP contribution in [-0.2, 0) is 4.79 Å². The molecule has 0 radical (unpaired) electrons. The Morgan fingerprint density at radius 3 is 2.84 bits per heavy atom. The Morgan fingerprint density at radius 1 is 1.58 bits per heavy atom. The number of carboxylic acids is 1. The molecule has 19 heavy (non-hydrogen) atoms. The molecule has 0 spiro atoms. The van der Waals surface area contributed by atoms with Crippen molar-refractivity contribution < 1.29 is 14.7 Å². The van der Waals surface area contributed by atoms with Crippen molar-refractivity contribution in [2.75, 3.05) is 23.8 Å². The zero-order chi connectivity index (χ0) is 14.0. The lowest BCUT2D eigenvalue weighted by Gasteiger charge is -2.20. The van der Waals surface area contributed by atoms with E-state index in [1.807, 2.05) is 0 Å². The fraction of sp³-hybridized carbons (Fsp3) is 0.286. The van der Waals surface area contributed by atoms with Crippen LogP contribution in [0, 0.1) is 18.3 Å². The monoisotopic (exact) mass is 258 g/mol. The minimum Gasteiger partial charge on any atom is -0.478 e. The molecule has 1 heterocycles. The Labute approximate surface area is 111 Å². The van der Waals surface area contributed by atoms with Gasteiger partial charge in [-0.3, -0.25) is 4.79 Å². The van der Waals surface area contributed by atoms with Crippen molar-refractivity contribution in [2.45, 2.75) is 6.42 Å². The van der Waals surface area contributed by atoms with Crippen molar-refractivity contribution in [3.8, 4) is 12.3 Å². The van der Waals surface area contributed by atoms with Gasteiger partial charge < -0.3 is 15.3 Å². The summed E-state index contributed by atoms with van der Waals surface area (Å²) < 4.78 is 0. The van der Waals surface area contributed by atoms with E-state index in [2.05, 4.69) is 11.2 Å². The van der Waals surface area contributed by atoms with Gasteiger partial charge >= 0.3 is 5.97 Å². The Hall–Kier alpha value is -2.48. The van der Waals surface area contributed by atoms with E-state index in [0.717, 1.165) is 0 Å². The van der Waals surface area contributed by atoms with Crippen LogP contribution in [0.25, 0.3) is 0 Å². The van der Waals surface area contributed by atoms with E-state index in [0.29, 0.717) is 24.3 Å². The van der Waals surface area contributed by atoms with E-state index in [1.165, 1.54) is 12.1 Å². The summed E-state index contributed by atoms with van der Waals surface area (Å²) in [6.07, 6.45) is 5.65. The van der Waals surface area contributed by atoms with Gasteiger partial charge in [0.25, 0.3) is 0 Å². The van der Waals surface area contributed by atoms with E-state index in [1.54, 1.807) is 18.0 Å². The van der Waals surface area contributed by atoms with Crippen molar-refractivity contribution in [3.63, 3.8) is 0 Å². The van der Waals surface area contributed by atoms with Crippen LogP contribution in [0.1, 0.15) is 16.8 Å². The predicted molar refractivity (Wildman–Crippen MR) is 72.2 cm³/mol. The van der Waals surface area contributed by atoms with Crippen molar-refractivity contribution in [2.24, 2.45) is 5.92 Å². The minimum atomic E-state index is -1.02. The first-order chi connectivity index (χ1) is 9.06. The number of carbonyl (C=O) groups is 2. The molecule has 1 aliphatic rings. The van der Waals surface area contributed by atoms with Gasteiger partial charge in [0.1, 0.15) is 0 Å². The molecule has 0 aliphatic carbocycles. The predicted octanol–water partition coefficient (Wildman–Crippen LogP) is 1.41. The van der Waals surface area contributed by atoms with Gasteiger partial charge in [0.15, 0.2) is 0 Å². The molecule has 0 bridgehead atoms. The summed E-state index contributed by atoms with van der Waals surface area (Å²) in [5.74, 6) is 1.34. The zero-order valence-corrected chi connectivity index (χ0v) is 10.5. The average Bonchev–Trinajstić information content (AvgIpc) is 2.79. The molecule has 2 rings (SSSR count). The third kappa shape index (κ3) is 2.38. The third-order valence-electron chi connectivity index (χ3n) is 3.17. The molecule has 98 valence electrons. The van der Waals surface area contributed by atoms with Crippen molar-refractivity contribution in [1.82, 2.24) is 0 Å². The Kier molecular flexibility index (Phi) is 3.43. The first kappa shape index (κ1) is 13.0. The molecule has 1 fully saturated rings. The molecule has 1 aromatic rings. The number of hydrogen-bond acceptors (Lipinski definition) is 3. The molecular weight excluding hydrogens is 244 g/mol. The highest BCUT2D eigenvalue weighted by Crippen LogP contribution is 2.32. The van der Waals surface area contributed by atoms with Gasteiger partial charge in [0.05, 0.1) is 16.9 Å². The van der Waals surface area contributed by atoms with Crippen LogP contribution in [-0.4, -0.2) is 30.6 Å². The summed E-state index contributed by atoms with van der Waals surface area (Å²) in [5.41, 5.74) is 1.41. The average molecular weight is 258 g/mol. The van der Waals surface area contributed by atoms with Crippen molar-refractivity contribution in [3.05, 3.63) is 23.8 Å². The van der Waals surface area contributed by atoms with E-state index in [-0.39, 0.29) is 17.4 Å². The lowest BCUT2D eigenvalue weighted by Crippen LogP contribution is -2.25. The standard InChI is InChI=1S/C14H14N2O3/c1-3-9-6-13(17)16(8-9)12-7-10(14(18)19)4-5-11(12)15-2/h1,4-5,7,9,15H,6,8H2,2H3,(H,18,19). The van der Waals surface area contributed by atoms with E-state index >= 15 is 0 Å². The van der Waals surface area contributed by atoms with Gasteiger partial charge in [-0.05, 0) is 18.2 Å². The summed E-state index contributed by atoms with van der Waals surface area (Å²) in [6, 6.07) is 4.64. The highest BCUT2D eigenvalue weighted by Gasteiger charge is 2.31. The van der Waals surface area contributed by atoms with Crippen LogP contribution in [0.4, 0.5) is 11.4 Å². The quantitative estimate of drug-likeness (QED) is 0.804. The lowest BCUT2D eigenvalue weighted by molar-refractivity contribution is -0.117. The number of nitrogens with one attached hydrogen (secondary N) is 1. The summed E-state index contributed by atoms with van der Waals surface area (Å²) in [5, 5.41) is 12.0. The van der Waals surface area contributed by atoms with Crippen LogP contribution in [0.2, 0.25) is 0 Å². The van der Waals surface area contributed by atoms with Crippen LogP contribution in [0.5, 0.6) is 0 Å². The number of anilines is 2. The highest BCUT2D eigenvalue weighted by atomic mass is 16.4. The van der Waals surface area contributed by atoms with Crippen LogP contribution in [0.3, 0.4) is 0 Å². The van der Waals surface area contributed by atoms with Gasteiger partial charge in [-0.25, -0.2) is 4.79 Å². The number of amides is 1. The fourth-order valence-electron chi connectivity index (χ4n) is 2.15. The summed E-state index contributed by atoms with van der Waals surface area (Å²) in [6.45, 7) is 0.424. The number of carboxylic acid groups (broad SMARTS) is 1. The second-order valence-electron chi connectivity index (χ2n) is 4.36. The van der Waals surface area contributed by atoms with Gasteiger partial charge in [-0.2, -0.15) is 0 Å². The van der Waals surface area contributed by atoms with E-state index in [9.17, 15) is 9.59 Å². The molecule has 2 N–H and O–H groups in total. The number of nitrogens with zero attached hydrogens (tertiary/aromatic N) is 1. The van der Waals surface area contributed by atoms with Crippen LogP contribution >= 0.6 is 0 Å². The number of carbonyl (C=O) groups excluding carboxylic acids is 1. The second kappa shape index (κ2) is 5.02. The number of terminal acetylenes is 1. The highest BCUT2D eigenvalue weighted by molar-refractivity contribution is 6.01. The van der Waals surface area contributed by atoms with E-state index in [4.69, 9.17) is 11.5 Å². The van der Waals surface area contributed by atoms with Gasteiger partial charge in [-0.15, -0.1) is 12.3 Å². The maximum absolute atomic E-state index is 11.9. The molecule has 5 heteroatoms. The topological polar surface area (TPSA) is 69.6 Å². The first-order valence-corrected chi connectivity index (χ1v) is 5.88. The summed E-state index contributed by atoms with van der Waals surface area (Å²) >= 11 is 0. The smallest absolute Gasteiger partial charge is 0.335 e. The first-order valence-electron chi connectivity index (χ1n) is 5.88. The van der Waals surface area contributed by atoms with Gasteiger partial charge in [0.2, 0.25) is 5.91 Å². The number of hydrogen-bond donors (Lipinski definition) is 2. The van der Waals surface area contributed by atoms with Gasteiger partial charge in [-0.1, -0.05) is 0 Å². The Morgan fingerprint density at radius 2 is 2.32 bits per heavy atom. The molecule has 1 aliphatic heterocycles. The molecule has 1 unspecified atom stereocenters. The Balaban J connectivity index is 2.43. The summed E-state index contributed by atoms with van der Waals surface area (Å²) in [4.78, 5) is 24.5. The maximum atomic E-state index is 11.9.